The molecule has 2 fully saturated rings. The molecule has 0 bridgehead atoms. The van der Waals surface area contributed by atoms with Gasteiger partial charge in [-0.3, -0.25) is 4.68 Å². The van der Waals surface area contributed by atoms with E-state index in [-0.39, 0.29) is 11.4 Å². The molecule has 6 heteroatoms. The van der Waals surface area contributed by atoms with Gasteiger partial charge in [0.1, 0.15) is 5.75 Å². The number of benzene rings is 1. The molecule has 1 aliphatic heterocycles. The highest BCUT2D eigenvalue weighted by atomic mass is 16.5. The molecule has 1 aromatic heterocycles. The SMILES string of the molecule is COc1ccc2c(c1)C1(CC1)CN(C(=O)Nc1cn(C)nc1C1CCCCC1)C2. The highest BCUT2D eigenvalue weighted by Gasteiger charge is 2.50. The Balaban J connectivity index is 1.36. The lowest BCUT2D eigenvalue weighted by molar-refractivity contribution is 0.197. The van der Waals surface area contributed by atoms with Crippen molar-refractivity contribution in [2.75, 3.05) is 19.0 Å². The topological polar surface area (TPSA) is 59.4 Å². The zero-order chi connectivity index (χ0) is 20.0. The summed E-state index contributed by atoms with van der Waals surface area (Å²) in [6.07, 6.45) is 10.4. The molecule has 0 unspecified atom stereocenters. The average molecular weight is 395 g/mol. The van der Waals surface area contributed by atoms with Crippen LogP contribution in [-0.2, 0) is 19.0 Å². The molecule has 5 rings (SSSR count). The fourth-order valence-electron chi connectivity index (χ4n) is 5.22. The van der Waals surface area contributed by atoms with Crippen LogP contribution in [0.1, 0.15) is 67.7 Å². The third-order valence-electron chi connectivity index (χ3n) is 6.97. The number of amides is 2. The molecule has 2 aromatic rings. The van der Waals surface area contributed by atoms with E-state index in [1.54, 1.807) is 7.11 Å². The summed E-state index contributed by atoms with van der Waals surface area (Å²) in [6.45, 7) is 1.42. The van der Waals surface area contributed by atoms with E-state index >= 15 is 0 Å². The second kappa shape index (κ2) is 7.08. The lowest BCUT2D eigenvalue weighted by atomic mass is 9.86. The molecule has 29 heavy (non-hydrogen) atoms. The Bertz CT molecular complexity index is 925. The molecule has 0 radical (unpaired) electrons. The number of urea groups is 1. The maximum Gasteiger partial charge on any atom is 0.322 e. The van der Waals surface area contributed by atoms with E-state index < -0.39 is 0 Å². The number of fused-ring (bicyclic) bond motifs is 2. The zero-order valence-electron chi connectivity index (χ0n) is 17.4. The van der Waals surface area contributed by atoms with E-state index in [9.17, 15) is 4.79 Å². The van der Waals surface area contributed by atoms with Crippen molar-refractivity contribution >= 4 is 11.7 Å². The van der Waals surface area contributed by atoms with Crippen molar-refractivity contribution in [1.29, 1.82) is 0 Å². The Morgan fingerprint density at radius 2 is 2.03 bits per heavy atom. The number of hydrogen-bond acceptors (Lipinski definition) is 3. The van der Waals surface area contributed by atoms with Crippen LogP contribution in [0.4, 0.5) is 10.5 Å². The summed E-state index contributed by atoms with van der Waals surface area (Å²) < 4.78 is 7.26. The molecule has 1 aromatic carbocycles. The molecule has 2 heterocycles. The molecule has 1 N–H and O–H groups in total. The van der Waals surface area contributed by atoms with Gasteiger partial charge in [0.15, 0.2) is 0 Å². The number of aromatic nitrogens is 2. The van der Waals surface area contributed by atoms with Gasteiger partial charge in [0.05, 0.1) is 18.5 Å². The van der Waals surface area contributed by atoms with E-state index in [4.69, 9.17) is 9.84 Å². The molecule has 2 aliphatic carbocycles. The number of hydrogen-bond donors (Lipinski definition) is 1. The monoisotopic (exact) mass is 394 g/mol. The summed E-state index contributed by atoms with van der Waals surface area (Å²) in [5.41, 5.74) is 4.66. The fraction of sp³-hybridized carbons (Fsp3) is 0.565. The molecule has 154 valence electrons. The first-order valence-electron chi connectivity index (χ1n) is 10.8. The van der Waals surface area contributed by atoms with Gasteiger partial charge in [0.2, 0.25) is 0 Å². The molecule has 0 atom stereocenters. The van der Waals surface area contributed by atoms with Crippen molar-refractivity contribution in [3.05, 3.63) is 41.2 Å². The Morgan fingerprint density at radius 1 is 1.24 bits per heavy atom. The normalized spacial score (nSPS) is 20.4. The van der Waals surface area contributed by atoms with E-state index in [1.807, 2.05) is 28.9 Å². The summed E-state index contributed by atoms with van der Waals surface area (Å²) >= 11 is 0. The van der Waals surface area contributed by atoms with Crippen molar-refractivity contribution in [2.24, 2.45) is 7.05 Å². The van der Waals surface area contributed by atoms with E-state index in [0.717, 1.165) is 36.5 Å². The molecule has 1 spiro atoms. The number of methoxy groups -OCH3 is 1. The standard InChI is InChI=1S/C23H30N4O2/c1-26-14-20(21(25-26)16-6-4-3-5-7-16)24-22(28)27-13-17-8-9-18(29-2)12-19(17)23(15-27)10-11-23/h8-9,12,14,16H,3-7,10-11,13,15H2,1-2H3,(H,24,28). The molecule has 0 saturated heterocycles. The van der Waals surface area contributed by atoms with Crippen molar-refractivity contribution in [2.45, 2.75) is 62.8 Å². The first-order valence-corrected chi connectivity index (χ1v) is 10.8. The van der Waals surface area contributed by atoms with Crippen LogP contribution >= 0.6 is 0 Å². The van der Waals surface area contributed by atoms with Gasteiger partial charge in [-0.1, -0.05) is 25.3 Å². The first-order chi connectivity index (χ1) is 14.1. The minimum absolute atomic E-state index is 0.0113. The molecular weight excluding hydrogens is 364 g/mol. The maximum atomic E-state index is 13.2. The quantitative estimate of drug-likeness (QED) is 0.830. The van der Waals surface area contributed by atoms with E-state index in [0.29, 0.717) is 12.5 Å². The van der Waals surface area contributed by atoms with Crippen molar-refractivity contribution in [1.82, 2.24) is 14.7 Å². The maximum absolute atomic E-state index is 13.2. The summed E-state index contributed by atoms with van der Waals surface area (Å²) in [4.78, 5) is 15.2. The second-order valence-corrected chi connectivity index (χ2v) is 9.03. The van der Waals surface area contributed by atoms with Gasteiger partial charge in [-0.25, -0.2) is 4.79 Å². The van der Waals surface area contributed by atoms with Crippen LogP contribution in [0.5, 0.6) is 5.75 Å². The average Bonchev–Trinajstić information content (AvgIpc) is 3.41. The fourth-order valence-corrected chi connectivity index (χ4v) is 5.22. The molecule has 6 nitrogen and oxygen atoms in total. The van der Waals surface area contributed by atoms with Gasteiger partial charge in [0, 0.05) is 37.7 Å². The van der Waals surface area contributed by atoms with Gasteiger partial charge in [-0.2, -0.15) is 5.10 Å². The van der Waals surface area contributed by atoms with E-state index in [1.165, 1.54) is 43.2 Å². The van der Waals surface area contributed by atoms with Crippen LogP contribution in [0.3, 0.4) is 0 Å². The minimum Gasteiger partial charge on any atom is -0.497 e. The van der Waals surface area contributed by atoms with Crippen molar-refractivity contribution in [3.63, 3.8) is 0 Å². The largest absolute Gasteiger partial charge is 0.497 e. The van der Waals surface area contributed by atoms with Crippen LogP contribution in [0.25, 0.3) is 0 Å². The molecule has 3 aliphatic rings. The lowest BCUT2D eigenvalue weighted by Gasteiger charge is -2.35. The summed E-state index contributed by atoms with van der Waals surface area (Å²) in [7, 11) is 3.65. The number of ether oxygens (including phenoxy) is 1. The minimum atomic E-state index is -0.0113. The van der Waals surface area contributed by atoms with Crippen molar-refractivity contribution < 1.29 is 9.53 Å². The molecular formula is C23H30N4O2. The van der Waals surface area contributed by atoms with Crippen LogP contribution < -0.4 is 10.1 Å². The smallest absolute Gasteiger partial charge is 0.322 e. The number of nitrogens with one attached hydrogen (secondary N) is 1. The van der Waals surface area contributed by atoms with Gasteiger partial charge in [-0.05, 0) is 48.9 Å². The summed E-state index contributed by atoms with van der Waals surface area (Å²) in [5, 5.41) is 7.89. The highest BCUT2D eigenvalue weighted by molar-refractivity contribution is 5.90. The van der Waals surface area contributed by atoms with Crippen LogP contribution in [0, 0.1) is 0 Å². The number of nitrogens with zero attached hydrogens (tertiary/aromatic N) is 3. The number of anilines is 1. The van der Waals surface area contributed by atoms with Gasteiger partial charge >= 0.3 is 6.03 Å². The van der Waals surface area contributed by atoms with E-state index in [2.05, 4.69) is 17.4 Å². The molecule has 2 amide bonds. The highest BCUT2D eigenvalue weighted by Crippen LogP contribution is 2.53. The predicted molar refractivity (Wildman–Crippen MR) is 112 cm³/mol. The Morgan fingerprint density at radius 3 is 2.76 bits per heavy atom. The third kappa shape index (κ3) is 3.38. The van der Waals surface area contributed by atoms with Gasteiger partial charge in [0.25, 0.3) is 0 Å². The number of aryl methyl sites for hydroxylation is 1. The van der Waals surface area contributed by atoms with Gasteiger partial charge in [-0.15, -0.1) is 0 Å². The second-order valence-electron chi connectivity index (χ2n) is 9.03. The summed E-state index contributed by atoms with van der Waals surface area (Å²) in [5.74, 6) is 1.37. The van der Waals surface area contributed by atoms with Crippen LogP contribution in [0.15, 0.2) is 24.4 Å². The Kier molecular flexibility index (Phi) is 4.52. The predicted octanol–water partition coefficient (Wildman–Crippen LogP) is 4.56. The summed E-state index contributed by atoms with van der Waals surface area (Å²) in [6, 6.07) is 6.27. The van der Waals surface area contributed by atoms with Gasteiger partial charge < -0.3 is 15.0 Å². The third-order valence-corrected chi connectivity index (χ3v) is 6.97. The zero-order valence-corrected chi connectivity index (χ0v) is 17.4. The Labute approximate surface area is 172 Å². The van der Waals surface area contributed by atoms with Crippen LogP contribution in [-0.4, -0.2) is 34.4 Å². The Hall–Kier alpha value is -2.50. The number of carbonyl (C=O) groups is 1. The van der Waals surface area contributed by atoms with Crippen molar-refractivity contribution in [3.8, 4) is 5.75 Å². The number of rotatable bonds is 3. The first kappa shape index (κ1) is 18.5. The lowest BCUT2D eigenvalue weighted by Crippen LogP contribution is -2.43. The molecule has 2 saturated carbocycles. The number of carbonyl (C=O) groups excluding carboxylic acids is 1. The van der Waals surface area contributed by atoms with Crippen LogP contribution in [0.2, 0.25) is 0 Å².